The van der Waals surface area contributed by atoms with Gasteiger partial charge in [-0.25, -0.2) is 0 Å². The molecule has 1 aromatic carbocycles. The molecule has 1 spiro atoms. The Morgan fingerprint density at radius 1 is 1.25 bits per heavy atom. The highest BCUT2D eigenvalue weighted by molar-refractivity contribution is 7.15. The van der Waals surface area contributed by atoms with Gasteiger partial charge in [0.25, 0.3) is 5.69 Å². The lowest BCUT2D eigenvalue weighted by Crippen LogP contribution is -2.28. The van der Waals surface area contributed by atoms with Gasteiger partial charge in [0.1, 0.15) is 0 Å². The topological polar surface area (TPSA) is 58.4 Å². The van der Waals surface area contributed by atoms with Gasteiger partial charge in [0.15, 0.2) is 0 Å². The lowest BCUT2D eigenvalue weighted by atomic mass is 9.87. The number of nitro benzene ring substituents is 1. The van der Waals surface area contributed by atoms with Crippen LogP contribution in [-0.4, -0.2) is 36.0 Å². The van der Waals surface area contributed by atoms with Crippen LogP contribution in [0.1, 0.15) is 17.7 Å². The SMILES string of the molecule is O=[N+]([O-])c1ccccc1-c1ccc(CN2CCC3(CCNC3)C2)s1. The fourth-order valence-electron chi connectivity index (χ4n) is 3.98. The lowest BCUT2D eigenvalue weighted by molar-refractivity contribution is -0.384. The molecule has 2 fully saturated rings. The van der Waals surface area contributed by atoms with Crippen molar-refractivity contribution < 1.29 is 4.92 Å². The van der Waals surface area contributed by atoms with E-state index in [1.54, 1.807) is 23.5 Å². The number of hydrogen-bond donors (Lipinski definition) is 1. The summed E-state index contributed by atoms with van der Waals surface area (Å²) in [6.45, 7) is 5.57. The van der Waals surface area contributed by atoms with Crippen molar-refractivity contribution in [2.75, 3.05) is 26.2 Å². The fourth-order valence-corrected chi connectivity index (χ4v) is 5.06. The monoisotopic (exact) mass is 343 g/mol. The van der Waals surface area contributed by atoms with E-state index in [9.17, 15) is 10.1 Å². The lowest BCUT2D eigenvalue weighted by Gasteiger charge is -2.22. The number of benzene rings is 1. The van der Waals surface area contributed by atoms with Gasteiger partial charge < -0.3 is 5.32 Å². The third-order valence-corrected chi connectivity index (χ3v) is 6.36. The first-order chi connectivity index (χ1) is 11.7. The molecule has 24 heavy (non-hydrogen) atoms. The molecule has 1 N–H and O–H groups in total. The summed E-state index contributed by atoms with van der Waals surface area (Å²) < 4.78 is 0. The van der Waals surface area contributed by atoms with E-state index in [1.165, 1.54) is 24.3 Å². The van der Waals surface area contributed by atoms with Crippen LogP contribution in [-0.2, 0) is 6.54 Å². The largest absolute Gasteiger partial charge is 0.316 e. The van der Waals surface area contributed by atoms with Crippen molar-refractivity contribution in [1.29, 1.82) is 0 Å². The first-order valence-corrected chi connectivity index (χ1v) is 9.23. The second-order valence-electron chi connectivity index (χ2n) is 6.93. The molecule has 126 valence electrons. The predicted molar refractivity (Wildman–Crippen MR) is 96.2 cm³/mol. The minimum atomic E-state index is -0.300. The van der Waals surface area contributed by atoms with Crippen LogP contribution >= 0.6 is 11.3 Å². The van der Waals surface area contributed by atoms with E-state index in [2.05, 4.69) is 16.3 Å². The molecule has 1 atom stereocenters. The summed E-state index contributed by atoms with van der Waals surface area (Å²) in [5.74, 6) is 0. The molecule has 2 aromatic rings. The summed E-state index contributed by atoms with van der Waals surface area (Å²) in [6, 6.07) is 11.1. The standard InChI is InChI=1S/C18H21N3O2S/c22-21(23)16-4-2-1-3-15(16)17-6-5-14(24-17)11-20-10-8-18(13-20)7-9-19-12-18/h1-6,19H,7-13H2. The van der Waals surface area contributed by atoms with Gasteiger partial charge in [0.05, 0.1) is 10.5 Å². The summed E-state index contributed by atoms with van der Waals surface area (Å²) in [5.41, 5.74) is 1.39. The fraction of sp³-hybridized carbons (Fsp3) is 0.444. The van der Waals surface area contributed by atoms with Crippen molar-refractivity contribution in [1.82, 2.24) is 10.2 Å². The summed E-state index contributed by atoms with van der Waals surface area (Å²) >= 11 is 1.67. The summed E-state index contributed by atoms with van der Waals surface area (Å²) in [7, 11) is 0. The Balaban J connectivity index is 1.49. The van der Waals surface area contributed by atoms with Crippen LogP contribution in [0.3, 0.4) is 0 Å². The molecule has 6 heteroatoms. The third-order valence-electron chi connectivity index (χ3n) is 5.26. The van der Waals surface area contributed by atoms with Gasteiger partial charge in [-0.3, -0.25) is 15.0 Å². The van der Waals surface area contributed by atoms with Crippen molar-refractivity contribution in [2.24, 2.45) is 5.41 Å². The van der Waals surface area contributed by atoms with E-state index in [1.807, 2.05) is 18.2 Å². The van der Waals surface area contributed by atoms with E-state index in [0.717, 1.165) is 36.6 Å². The van der Waals surface area contributed by atoms with Gasteiger partial charge in [0, 0.05) is 35.5 Å². The molecule has 0 aliphatic carbocycles. The number of rotatable bonds is 4. The molecular weight excluding hydrogens is 322 g/mol. The van der Waals surface area contributed by atoms with Crippen LogP contribution in [0, 0.1) is 15.5 Å². The second kappa shape index (κ2) is 6.27. The van der Waals surface area contributed by atoms with Gasteiger partial charge in [0.2, 0.25) is 0 Å². The van der Waals surface area contributed by atoms with Crippen molar-refractivity contribution in [3.05, 3.63) is 51.4 Å². The highest BCUT2D eigenvalue weighted by atomic mass is 32.1. The zero-order chi connectivity index (χ0) is 16.6. The zero-order valence-corrected chi connectivity index (χ0v) is 14.3. The minimum absolute atomic E-state index is 0.183. The maximum Gasteiger partial charge on any atom is 0.278 e. The number of nitro groups is 1. The minimum Gasteiger partial charge on any atom is -0.316 e. The molecule has 2 saturated heterocycles. The van der Waals surface area contributed by atoms with Crippen LogP contribution < -0.4 is 5.32 Å². The average Bonchev–Trinajstić information content (AvgIpc) is 3.31. The molecule has 0 bridgehead atoms. The van der Waals surface area contributed by atoms with E-state index in [-0.39, 0.29) is 10.6 Å². The van der Waals surface area contributed by atoms with Gasteiger partial charge in [-0.05, 0) is 49.5 Å². The number of thiophene rings is 1. The second-order valence-corrected chi connectivity index (χ2v) is 8.10. The number of nitrogens with zero attached hydrogens (tertiary/aromatic N) is 2. The molecule has 1 unspecified atom stereocenters. The Morgan fingerprint density at radius 2 is 2.12 bits per heavy atom. The van der Waals surface area contributed by atoms with E-state index < -0.39 is 0 Å². The van der Waals surface area contributed by atoms with E-state index >= 15 is 0 Å². The molecule has 3 heterocycles. The summed E-state index contributed by atoms with van der Waals surface area (Å²) in [5, 5.41) is 14.7. The summed E-state index contributed by atoms with van der Waals surface area (Å²) in [6.07, 6.45) is 2.57. The average molecular weight is 343 g/mol. The molecule has 5 nitrogen and oxygen atoms in total. The molecule has 1 aromatic heterocycles. The summed E-state index contributed by atoms with van der Waals surface area (Å²) in [4.78, 5) is 15.7. The molecule has 0 radical (unpaired) electrons. The highest BCUT2D eigenvalue weighted by Crippen LogP contribution is 2.38. The Morgan fingerprint density at radius 3 is 2.92 bits per heavy atom. The maximum atomic E-state index is 11.2. The van der Waals surface area contributed by atoms with Crippen LogP contribution in [0.2, 0.25) is 0 Å². The first kappa shape index (κ1) is 15.7. The molecule has 0 amide bonds. The molecule has 2 aliphatic rings. The maximum absolute atomic E-state index is 11.2. The van der Waals surface area contributed by atoms with Crippen molar-refractivity contribution in [3.8, 4) is 10.4 Å². The highest BCUT2D eigenvalue weighted by Gasteiger charge is 2.40. The van der Waals surface area contributed by atoms with E-state index in [4.69, 9.17) is 0 Å². The predicted octanol–water partition coefficient (Wildman–Crippen LogP) is 3.51. The van der Waals surface area contributed by atoms with Crippen LogP contribution in [0.4, 0.5) is 5.69 Å². The quantitative estimate of drug-likeness (QED) is 0.682. The van der Waals surface area contributed by atoms with Gasteiger partial charge in [-0.1, -0.05) is 12.1 Å². The first-order valence-electron chi connectivity index (χ1n) is 8.41. The Hall–Kier alpha value is -1.76. The molecule has 2 aliphatic heterocycles. The van der Waals surface area contributed by atoms with Crippen molar-refractivity contribution in [2.45, 2.75) is 19.4 Å². The van der Waals surface area contributed by atoms with E-state index in [0.29, 0.717) is 5.41 Å². The van der Waals surface area contributed by atoms with Crippen molar-refractivity contribution in [3.63, 3.8) is 0 Å². The Bertz CT molecular complexity index is 752. The molecule has 0 saturated carbocycles. The van der Waals surface area contributed by atoms with Gasteiger partial charge in [-0.2, -0.15) is 0 Å². The number of hydrogen-bond acceptors (Lipinski definition) is 5. The van der Waals surface area contributed by atoms with Gasteiger partial charge >= 0.3 is 0 Å². The van der Waals surface area contributed by atoms with Crippen LogP contribution in [0.5, 0.6) is 0 Å². The Kier molecular flexibility index (Phi) is 4.12. The Labute approximate surface area is 145 Å². The van der Waals surface area contributed by atoms with Gasteiger partial charge in [-0.15, -0.1) is 11.3 Å². The molecule has 4 rings (SSSR count). The smallest absolute Gasteiger partial charge is 0.278 e. The normalized spacial score (nSPS) is 24.0. The number of nitrogens with one attached hydrogen (secondary N) is 1. The van der Waals surface area contributed by atoms with Crippen LogP contribution in [0.25, 0.3) is 10.4 Å². The zero-order valence-electron chi connectivity index (χ0n) is 13.5. The number of likely N-dealkylation sites (tertiary alicyclic amines) is 1. The number of para-hydroxylation sites is 1. The third kappa shape index (κ3) is 2.97. The molecular formula is C18H21N3O2S. The van der Waals surface area contributed by atoms with Crippen molar-refractivity contribution >= 4 is 17.0 Å². The van der Waals surface area contributed by atoms with Crippen LogP contribution in [0.15, 0.2) is 36.4 Å².